The predicted molar refractivity (Wildman–Crippen MR) is 76.4 cm³/mol. The van der Waals surface area contributed by atoms with Crippen LogP contribution in [0.4, 0.5) is 11.6 Å². The molecule has 1 aromatic heterocycles. The molecule has 0 atom stereocenters. The van der Waals surface area contributed by atoms with Crippen molar-refractivity contribution in [2.45, 2.75) is 47.0 Å². The summed E-state index contributed by atoms with van der Waals surface area (Å²) in [5.74, 6) is 7.09. The number of hydrazine groups is 1. The number of nitrogens with two attached hydrogens (primary N) is 1. The summed E-state index contributed by atoms with van der Waals surface area (Å²) in [5.41, 5.74) is 3.96. The third-order valence-corrected chi connectivity index (χ3v) is 3.27. The predicted octanol–water partition coefficient (Wildman–Crippen LogP) is 2.56. The highest BCUT2D eigenvalue weighted by Gasteiger charge is 2.17. The van der Waals surface area contributed by atoms with Crippen LogP contribution in [0.15, 0.2) is 6.33 Å². The second kappa shape index (κ2) is 6.54. The molecule has 0 aliphatic heterocycles. The standard InChI is InChI=1S/C13H25N5/c1-5-7-10-11(15-8-13(3,4)6-2)16-9-17-12(10)18-14/h9H,5-8,14H2,1-4H3,(H2,15,16,17,18). The molecule has 0 bridgehead atoms. The lowest BCUT2D eigenvalue weighted by molar-refractivity contribution is 0.376. The average Bonchev–Trinajstić information content (AvgIpc) is 2.38. The first-order valence-electron chi connectivity index (χ1n) is 6.58. The maximum atomic E-state index is 5.49. The highest BCUT2D eigenvalue weighted by molar-refractivity contribution is 5.56. The molecule has 0 amide bonds. The summed E-state index contributed by atoms with van der Waals surface area (Å²) in [7, 11) is 0. The van der Waals surface area contributed by atoms with Crippen molar-refractivity contribution in [1.29, 1.82) is 0 Å². The molecule has 0 saturated carbocycles. The quantitative estimate of drug-likeness (QED) is 0.513. The molecule has 0 aliphatic carbocycles. The summed E-state index contributed by atoms with van der Waals surface area (Å²) in [6.45, 7) is 9.70. The summed E-state index contributed by atoms with van der Waals surface area (Å²) in [6.07, 6.45) is 4.61. The van der Waals surface area contributed by atoms with Crippen LogP contribution in [-0.2, 0) is 6.42 Å². The van der Waals surface area contributed by atoms with Crippen molar-refractivity contribution in [2.24, 2.45) is 11.3 Å². The number of hydrogen-bond acceptors (Lipinski definition) is 5. The molecule has 1 rings (SSSR count). The van der Waals surface area contributed by atoms with Crippen LogP contribution in [0.5, 0.6) is 0 Å². The average molecular weight is 251 g/mol. The van der Waals surface area contributed by atoms with E-state index in [1.54, 1.807) is 0 Å². The third-order valence-electron chi connectivity index (χ3n) is 3.27. The van der Waals surface area contributed by atoms with E-state index in [4.69, 9.17) is 5.84 Å². The van der Waals surface area contributed by atoms with Crippen molar-refractivity contribution in [2.75, 3.05) is 17.3 Å². The molecule has 102 valence electrons. The second-order valence-electron chi connectivity index (χ2n) is 5.32. The van der Waals surface area contributed by atoms with E-state index in [1.165, 1.54) is 6.33 Å². The molecule has 0 aromatic carbocycles. The third kappa shape index (κ3) is 3.84. The van der Waals surface area contributed by atoms with Gasteiger partial charge in [0.2, 0.25) is 0 Å². The van der Waals surface area contributed by atoms with Crippen molar-refractivity contribution < 1.29 is 0 Å². The molecule has 1 aromatic rings. The van der Waals surface area contributed by atoms with E-state index in [2.05, 4.69) is 48.4 Å². The fourth-order valence-electron chi connectivity index (χ4n) is 1.62. The minimum atomic E-state index is 0.255. The van der Waals surface area contributed by atoms with E-state index in [0.29, 0.717) is 5.82 Å². The van der Waals surface area contributed by atoms with Gasteiger partial charge in [-0.05, 0) is 18.3 Å². The first-order chi connectivity index (χ1) is 8.54. The lowest BCUT2D eigenvalue weighted by Crippen LogP contribution is -2.23. The molecule has 0 fully saturated rings. The van der Waals surface area contributed by atoms with Gasteiger partial charge in [-0.3, -0.25) is 0 Å². The van der Waals surface area contributed by atoms with Crippen LogP contribution in [0.2, 0.25) is 0 Å². The zero-order valence-corrected chi connectivity index (χ0v) is 11.9. The van der Waals surface area contributed by atoms with E-state index in [9.17, 15) is 0 Å². The summed E-state index contributed by atoms with van der Waals surface area (Å²) in [5, 5.41) is 3.42. The van der Waals surface area contributed by atoms with Crippen LogP contribution in [-0.4, -0.2) is 16.5 Å². The van der Waals surface area contributed by atoms with Crippen LogP contribution in [0, 0.1) is 5.41 Å². The van der Waals surface area contributed by atoms with Gasteiger partial charge in [-0.1, -0.05) is 34.1 Å². The van der Waals surface area contributed by atoms with Gasteiger partial charge < -0.3 is 10.7 Å². The van der Waals surface area contributed by atoms with Crippen LogP contribution in [0.3, 0.4) is 0 Å². The fraction of sp³-hybridized carbons (Fsp3) is 0.692. The molecular weight excluding hydrogens is 226 g/mol. The van der Waals surface area contributed by atoms with E-state index in [1.807, 2.05) is 0 Å². The van der Waals surface area contributed by atoms with Gasteiger partial charge in [0.15, 0.2) is 0 Å². The lowest BCUT2D eigenvalue weighted by atomic mass is 9.90. The highest BCUT2D eigenvalue weighted by atomic mass is 15.3. The summed E-state index contributed by atoms with van der Waals surface area (Å²) < 4.78 is 0. The summed E-state index contributed by atoms with van der Waals surface area (Å²) >= 11 is 0. The molecule has 5 nitrogen and oxygen atoms in total. The van der Waals surface area contributed by atoms with Gasteiger partial charge >= 0.3 is 0 Å². The second-order valence-corrected chi connectivity index (χ2v) is 5.32. The van der Waals surface area contributed by atoms with Crippen molar-refractivity contribution in [3.63, 3.8) is 0 Å². The number of anilines is 2. The SMILES string of the molecule is CCCc1c(NN)ncnc1NCC(C)(C)CC. The molecule has 0 radical (unpaired) electrons. The molecule has 0 aliphatic rings. The fourth-order valence-corrected chi connectivity index (χ4v) is 1.62. The van der Waals surface area contributed by atoms with Crippen molar-refractivity contribution >= 4 is 11.6 Å². The molecule has 0 spiro atoms. The number of hydrogen-bond donors (Lipinski definition) is 3. The molecular formula is C13H25N5. The Balaban J connectivity index is 2.87. The van der Waals surface area contributed by atoms with Crippen molar-refractivity contribution in [1.82, 2.24) is 9.97 Å². The molecule has 0 saturated heterocycles. The van der Waals surface area contributed by atoms with Crippen LogP contribution >= 0.6 is 0 Å². The Hall–Kier alpha value is -1.36. The molecule has 18 heavy (non-hydrogen) atoms. The Morgan fingerprint density at radius 2 is 1.89 bits per heavy atom. The number of nitrogens with zero attached hydrogens (tertiary/aromatic N) is 2. The topological polar surface area (TPSA) is 75.9 Å². The summed E-state index contributed by atoms with van der Waals surface area (Å²) in [4.78, 5) is 8.48. The maximum absolute atomic E-state index is 5.49. The molecule has 0 unspecified atom stereocenters. The Bertz CT molecular complexity index is 376. The Kier molecular flexibility index (Phi) is 5.34. The van der Waals surface area contributed by atoms with Gasteiger partial charge in [0.1, 0.15) is 18.0 Å². The smallest absolute Gasteiger partial charge is 0.148 e. The zero-order chi connectivity index (χ0) is 13.6. The van der Waals surface area contributed by atoms with E-state index >= 15 is 0 Å². The molecule has 1 heterocycles. The largest absolute Gasteiger partial charge is 0.369 e. The van der Waals surface area contributed by atoms with Gasteiger partial charge in [-0.25, -0.2) is 15.8 Å². The van der Waals surface area contributed by atoms with Gasteiger partial charge in [-0.15, -0.1) is 0 Å². The van der Waals surface area contributed by atoms with E-state index in [-0.39, 0.29) is 5.41 Å². The van der Waals surface area contributed by atoms with Gasteiger partial charge in [0, 0.05) is 12.1 Å². The minimum Gasteiger partial charge on any atom is -0.369 e. The molecule has 5 heteroatoms. The Morgan fingerprint density at radius 1 is 1.22 bits per heavy atom. The van der Waals surface area contributed by atoms with Crippen molar-refractivity contribution in [3.8, 4) is 0 Å². The maximum Gasteiger partial charge on any atom is 0.148 e. The van der Waals surface area contributed by atoms with Crippen molar-refractivity contribution in [3.05, 3.63) is 11.9 Å². The number of nitrogen functional groups attached to an aromatic ring is 1. The number of aromatic nitrogens is 2. The van der Waals surface area contributed by atoms with E-state index < -0.39 is 0 Å². The van der Waals surface area contributed by atoms with Crippen LogP contribution < -0.4 is 16.6 Å². The minimum absolute atomic E-state index is 0.255. The van der Waals surface area contributed by atoms with Crippen LogP contribution in [0.1, 0.15) is 46.1 Å². The van der Waals surface area contributed by atoms with Crippen LogP contribution in [0.25, 0.3) is 0 Å². The molecule has 4 N–H and O–H groups in total. The van der Waals surface area contributed by atoms with Gasteiger partial charge in [-0.2, -0.15) is 0 Å². The lowest BCUT2D eigenvalue weighted by Gasteiger charge is -2.24. The number of nitrogens with one attached hydrogen (secondary N) is 2. The summed E-state index contributed by atoms with van der Waals surface area (Å²) in [6, 6.07) is 0. The number of rotatable bonds is 7. The van der Waals surface area contributed by atoms with E-state index in [0.717, 1.165) is 37.2 Å². The Morgan fingerprint density at radius 3 is 2.44 bits per heavy atom. The zero-order valence-electron chi connectivity index (χ0n) is 11.9. The Labute approximate surface area is 110 Å². The van der Waals surface area contributed by atoms with Gasteiger partial charge in [0.25, 0.3) is 0 Å². The highest BCUT2D eigenvalue weighted by Crippen LogP contribution is 2.24. The first-order valence-corrected chi connectivity index (χ1v) is 6.58. The first kappa shape index (κ1) is 14.7. The van der Waals surface area contributed by atoms with Gasteiger partial charge in [0.05, 0.1) is 0 Å². The monoisotopic (exact) mass is 251 g/mol. The normalized spacial score (nSPS) is 11.4.